The van der Waals surface area contributed by atoms with E-state index in [2.05, 4.69) is 67.5 Å². The lowest BCUT2D eigenvalue weighted by molar-refractivity contribution is -0.128. The van der Waals surface area contributed by atoms with E-state index in [0.29, 0.717) is 18.4 Å². The highest BCUT2D eigenvalue weighted by molar-refractivity contribution is 5.82. The minimum atomic E-state index is -0.543. The minimum absolute atomic E-state index is 0.0205. The highest BCUT2D eigenvalue weighted by Gasteiger charge is 2.32. The molecule has 1 aromatic carbocycles. The summed E-state index contributed by atoms with van der Waals surface area (Å²) in [4.78, 5) is 28.3. The van der Waals surface area contributed by atoms with Crippen LogP contribution in [0.1, 0.15) is 86.1 Å². The van der Waals surface area contributed by atoms with Gasteiger partial charge in [0.2, 0.25) is 5.91 Å². The van der Waals surface area contributed by atoms with Crippen LogP contribution in [0.2, 0.25) is 0 Å². The average Bonchev–Trinajstić information content (AvgIpc) is 2.76. The Labute approximate surface area is 219 Å². The molecule has 202 valence electrons. The predicted molar refractivity (Wildman–Crippen MR) is 149 cm³/mol. The Morgan fingerprint density at radius 2 is 1.69 bits per heavy atom. The summed E-state index contributed by atoms with van der Waals surface area (Å²) in [5.74, 6) is 0.964. The number of carbonyl (C=O) groups is 2. The zero-order valence-corrected chi connectivity index (χ0v) is 23.5. The SMILES string of the molecule is CC(C)C[C@@H](CN1CCCC[C@H]1C(=O)N[C@H](/C=C/c1ccccc1)CC(C)C)NC(=O)OC(C)(C)C. The molecule has 2 rings (SSSR count). The smallest absolute Gasteiger partial charge is 0.407 e. The van der Waals surface area contributed by atoms with Gasteiger partial charge in [-0.2, -0.15) is 0 Å². The monoisotopic (exact) mass is 499 g/mol. The number of ether oxygens (including phenoxy) is 1. The van der Waals surface area contributed by atoms with Crippen molar-refractivity contribution in [1.29, 1.82) is 0 Å². The average molecular weight is 500 g/mol. The summed E-state index contributed by atoms with van der Waals surface area (Å²) in [5, 5.41) is 6.40. The maximum absolute atomic E-state index is 13.5. The van der Waals surface area contributed by atoms with E-state index in [1.807, 2.05) is 39.0 Å². The largest absolute Gasteiger partial charge is 0.444 e. The van der Waals surface area contributed by atoms with Crippen LogP contribution in [0.5, 0.6) is 0 Å². The van der Waals surface area contributed by atoms with Crippen LogP contribution in [-0.2, 0) is 9.53 Å². The van der Waals surface area contributed by atoms with Gasteiger partial charge in [0, 0.05) is 18.6 Å². The summed E-state index contributed by atoms with van der Waals surface area (Å²) in [5.41, 5.74) is 0.586. The number of nitrogens with one attached hydrogen (secondary N) is 2. The molecule has 0 aromatic heterocycles. The van der Waals surface area contributed by atoms with Crippen LogP contribution in [-0.4, -0.2) is 53.7 Å². The molecule has 0 spiro atoms. The third-order valence-corrected chi connectivity index (χ3v) is 6.22. The normalized spacial score (nSPS) is 18.9. The van der Waals surface area contributed by atoms with Gasteiger partial charge in [-0.3, -0.25) is 9.69 Å². The summed E-state index contributed by atoms with van der Waals surface area (Å²) in [6, 6.07) is 9.91. The van der Waals surface area contributed by atoms with Crippen LogP contribution in [0.4, 0.5) is 4.79 Å². The van der Waals surface area contributed by atoms with E-state index in [0.717, 1.165) is 44.2 Å². The van der Waals surface area contributed by atoms with Crippen LogP contribution in [0, 0.1) is 11.8 Å². The zero-order valence-electron chi connectivity index (χ0n) is 23.5. The van der Waals surface area contributed by atoms with Crippen molar-refractivity contribution in [3.8, 4) is 0 Å². The quantitative estimate of drug-likeness (QED) is 0.390. The Hall–Kier alpha value is -2.34. The molecule has 0 bridgehead atoms. The third-order valence-electron chi connectivity index (χ3n) is 6.22. The first kappa shape index (κ1) is 29.9. The van der Waals surface area contributed by atoms with E-state index in [1.165, 1.54) is 0 Å². The molecule has 1 saturated heterocycles. The third kappa shape index (κ3) is 11.6. The molecule has 1 aromatic rings. The van der Waals surface area contributed by atoms with E-state index >= 15 is 0 Å². The zero-order chi connectivity index (χ0) is 26.7. The van der Waals surface area contributed by atoms with Gasteiger partial charge in [-0.15, -0.1) is 0 Å². The summed E-state index contributed by atoms with van der Waals surface area (Å²) in [6.07, 6.45) is 8.48. The number of nitrogens with zero attached hydrogens (tertiary/aromatic N) is 1. The van der Waals surface area contributed by atoms with E-state index < -0.39 is 11.7 Å². The van der Waals surface area contributed by atoms with E-state index in [4.69, 9.17) is 4.74 Å². The second-order valence-electron chi connectivity index (χ2n) is 12.0. The van der Waals surface area contributed by atoms with Gasteiger partial charge < -0.3 is 15.4 Å². The molecule has 1 heterocycles. The van der Waals surface area contributed by atoms with Crippen LogP contribution in [0.25, 0.3) is 6.08 Å². The molecule has 1 fully saturated rings. The van der Waals surface area contributed by atoms with Crippen LogP contribution < -0.4 is 10.6 Å². The number of amides is 2. The molecule has 0 aliphatic carbocycles. The first-order valence-electron chi connectivity index (χ1n) is 13.7. The Bertz CT molecular complexity index is 830. The highest BCUT2D eigenvalue weighted by atomic mass is 16.6. The Kier molecular flexibility index (Phi) is 12.0. The minimum Gasteiger partial charge on any atom is -0.444 e. The van der Waals surface area contributed by atoms with Crippen molar-refractivity contribution < 1.29 is 14.3 Å². The molecule has 1 aliphatic rings. The number of hydrogen-bond donors (Lipinski definition) is 2. The van der Waals surface area contributed by atoms with Gasteiger partial charge >= 0.3 is 6.09 Å². The lowest BCUT2D eigenvalue weighted by atomic mass is 9.97. The Morgan fingerprint density at radius 1 is 1.03 bits per heavy atom. The van der Waals surface area contributed by atoms with E-state index in [-0.39, 0.29) is 24.0 Å². The van der Waals surface area contributed by atoms with Crippen molar-refractivity contribution in [1.82, 2.24) is 15.5 Å². The maximum atomic E-state index is 13.5. The Balaban J connectivity index is 2.09. The van der Waals surface area contributed by atoms with Crippen molar-refractivity contribution in [2.24, 2.45) is 11.8 Å². The molecule has 1 aliphatic heterocycles. The molecule has 6 nitrogen and oxygen atoms in total. The number of carbonyl (C=O) groups excluding carboxylic acids is 2. The summed E-state index contributed by atoms with van der Waals surface area (Å²) in [7, 11) is 0. The van der Waals surface area contributed by atoms with Gasteiger partial charge in [0.15, 0.2) is 0 Å². The molecule has 3 atom stereocenters. The first-order chi connectivity index (χ1) is 16.9. The summed E-state index contributed by atoms with van der Waals surface area (Å²) < 4.78 is 5.51. The second-order valence-corrected chi connectivity index (χ2v) is 12.0. The van der Waals surface area contributed by atoms with Gasteiger partial charge in [-0.05, 0) is 70.4 Å². The first-order valence-corrected chi connectivity index (χ1v) is 13.7. The van der Waals surface area contributed by atoms with Gasteiger partial charge in [0.25, 0.3) is 0 Å². The van der Waals surface area contributed by atoms with Gasteiger partial charge in [-0.1, -0.05) is 76.6 Å². The fourth-order valence-electron chi connectivity index (χ4n) is 4.78. The number of likely N-dealkylation sites (tertiary alicyclic amines) is 1. The van der Waals surface area contributed by atoms with Crippen molar-refractivity contribution in [2.75, 3.05) is 13.1 Å². The molecule has 0 saturated carbocycles. The molecule has 6 heteroatoms. The highest BCUT2D eigenvalue weighted by Crippen LogP contribution is 2.20. The lowest BCUT2D eigenvalue weighted by Crippen LogP contribution is -2.55. The van der Waals surface area contributed by atoms with Crippen LogP contribution >= 0.6 is 0 Å². The Morgan fingerprint density at radius 3 is 2.31 bits per heavy atom. The molecule has 2 N–H and O–H groups in total. The van der Waals surface area contributed by atoms with Crippen molar-refractivity contribution >= 4 is 18.1 Å². The molecular weight excluding hydrogens is 450 g/mol. The molecule has 36 heavy (non-hydrogen) atoms. The summed E-state index contributed by atoms with van der Waals surface area (Å²) in [6.45, 7) is 15.8. The summed E-state index contributed by atoms with van der Waals surface area (Å²) >= 11 is 0. The lowest BCUT2D eigenvalue weighted by Gasteiger charge is -2.38. The van der Waals surface area contributed by atoms with Crippen molar-refractivity contribution in [3.05, 3.63) is 42.0 Å². The number of benzene rings is 1. The second kappa shape index (κ2) is 14.4. The fourth-order valence-corrected chi connectivity index (χ4v) is 4.78. The molecule has 0 unspecified atom stereocenters. The van der Waals surface area contributed by atoms with Gasteiger partial charge in [0.05, 0.1) is 6.04 Å². The number of alkyl carbamates (subject to hydrolysis) is 1. The van der Waals surface area contributed by atoms with Gasteiger partial charge in [-0.25, -0.2) is 4.79 Å². The van der Waals surface area contributed by atoms with Gasteiger partial charge in [0.1, 0.15) is 5.60 Å². The van der Waals surface area contributed by atoms with Crippen molar-refractivity contribution in [3.63, 3.8) is 0 Å². The van der Waals surface area contributed by atoms with Crippen LogP contribution in [0.15, 0.2) is 36.4 Å². The van der Waals surface area contributed by atoms with Crippen LogP contribution in [0.3, 0.4) is 0 Å². The number of rotatable bonds is 11. The molecule has 2 amide bonds. The molecular formula is C30H49N3O3. The van der Waals surface area contributed by atoms with E-state index in [1.54, 1.807) is 0 Å². The number of piperidine rings is 1. The maximum Gasteiger partial charge on any atom is 0.407 e. The number of hydrogen-bond acceptors (Lipinski definition) is 4. The topological polar surface area (TPSA) is 70.7 Å². The fraction of sp³-hybridized carbons (Fsp3) is 0.667. The van der Waals surface area contributed by atoms with Crippen molar-refractivity contribution in [2.45, 2.75) is 104 Å². The molecule has 0 radical (unpaired) electrons. The standard InChI is InChI=1S/C30H49N3O3/c1-22(2)19-25(17-16-24-13-9-8-10-14-24)31-28(34)27-15-11-12-18-33(27)21-26(20-23(3)4)32-29(35)36-30(5,6)7/h8-10,13-14,16-17,22-23,25-27H,11-12,15,18-21H2,1-7H3,(H,31,34)(H,32,35)/b17-16+/t25-,26+,27+/m1/s1. The van der Waals surface area contributed by atoms with E-state index in [9.17, 15) is 9.59 Å². The predicted octanol–water partition coefficient (Wildman–Crippen LogP) is 6.02.